The standard InChI is InChI=1S/C20H29N5O2/c1-21-20(24-14-16-7-6-11-22-19(16)25(2)3)23-12-10-15-8-9-17(26-4)18(13-15)27-5/h6-9,11,13H,10,12,14H2,1-5H3,(H2,21,23,24). The number of anilines is 1. The zero-order valence-electron chi connectivity index (χ0n) is 16.7. The molecule has 146 valence electrons. The maximum atomic E-state index is 5.35. The highest BCUT2D eigenvalue weighted by molar-refractivity contribution is 5.79. The van der Waals surface area contributed by atoms with Crippen molar-refractivity contribution in [2.75, 3.05) is 46.8 Å². The van der Waals surface area contributed by atoms with E-state index in [4.69, 9.17) is 9.47 Å². The molecule has 0 aliphatic heterocycles. The second kappa shape index (κ2) is 10.3. The van der Waals surface area contributed by atoms with Crippen LogP contribution in [-0.2, 0) is 13.0 Å². The lowest BCUT2D eigenvalue weighted by molar-refractivity contribution is 0.354. The van der Waals surface area contributed by atoms with E-state index in [0.29, 0.717) is 6.54 Å². The molecular weight excluding hydrogens is 342 g/mol. The number of nitrogens with zero attached hydrogens (tertiary/aromatic N) is 3. The first kappa shape index (κ1) is 20.4. The van der Waals surface area contributed by atoms with Crippen LogP contribution in [0.3, 0.4) is 0 Å². The molecule has 0 bridgehead atoms. The van der Waals surface area contributed by atoms with E-state index < -0.39 is 0 Å². The number of aliphatic imine (C=N–C) groups is 1. The van der Waals surface area contributed by atoms with Gasteiger partial charge >= 0.3 is 0 Å². The third kappa shape index (κ3) is 5.77. The van der Waals surface area contributed by atoms with Gasteiger partial charge in [-0.2, -0.15) is 0 Å². The minimum atomic E-state index is 0.650. The number of nitrogens with one attached hydrogen (secondary N) is 2. The number of rotatable bonds is 8. The summed E-state index contributed by atoms with van der Waals surface area (Å²) in [4.78, 5) is 10.7. The topological polar surface area (TPSA) is 71.0 Å². The Morgan fingerprint density at radius 3 is 2.56 bits per heavy atom. The summed E-state index contributed by atoms with van der Waals surface area (Å²) < 4.78 is 10.6. The molecule has 1 heterocycles. The smallest absolute Gasteiger partial charge is 0.191 e. The fraction of sp³-hybridized carbons (Fsp3) is 0.400. The predicted octanol–water partition coefficient (Wildman–Crippen LogP) is 2.07. The summed E-state index contributed by atoms with van der Waals surface area (Å²) in [6, 6.07) is 9.96. The van der Waals surface area contributed by atoms with E-state index in [1.807, 2.05) is 43.3 Å². The fourth-order valence-electron chi connectivity index (χ4n) is 2.73. The van der Waals surface area contributed by atoms with Crippen LogP contribution in [0.25, 0.3) is 0 Å². The van der Waals surface area contributed by atoms with Gasteiger partial charge in [0.05, 0.1) is 14.2 Å². The SMILES string of the molecule is CN=C(NCCc1ccc(OC)c(OC)c1)NCc1cccnc1N(C)C. The molecule has 0 saturated heterocycles. The molecular formula is C20H29N5O2. The average Bonchev–Trinajstić information content (AvgIpc) is 2.70. The van der Waals surface area contributed by atoms with Crippen LogP contribution in [0.2, 0.25) is 0 Å². The van der Waals surface area contributed by atoms with E-state index >= 15 is 0 Å². The van der Waals surface area contributed by atoms with Crippen LogP contribution in [-0.4, -0.2) is 52.9 Å². The Morgan fingerprint density at radius 2 is 1.89 bits per heavy atom. The summed E-state index contributed by atoms with van der Waals surface area (Å²) in [6.45, 7) is 1.40. The number of hydrogen-bond donors (Lipinski definition) is 2. The van der Waals surface area contributed by atoms with Gasteiger partial charge in [-0.15, -0.1) is 0 Å². The zero-order valence-corrected chi connectivity index (χ0v) is 16.7. The zero-order chi connectivity index (χ0) is 19.6. The lowest BCUT2D eigenvalue weighted by Crippen LogP contribution is -2.38. The largest absolute Gasteiger partial charge is 0.493 e. The minimum absolute atomic E-state index is 0.650. The normalized spacial score (nSPS) is 11.1. The van der Waals surface area contributed by atoms with E-state index in [2.05, 4.69) is 26.7 Å². The second-order valence-corrected chi connectivity index (χ2v) is 6.17. The van der Waals surface area contributed by atoms with Gasteiger partial charge in [0.15, 0.2) is 17.5 Å². The minimum Gasteiger partial charge on any atom is -0.493 e. The lowest BCUT2D eigenvalue weighted by Gasteiger charge is -2.17. The molecule has 0 aliphatic carbocycles. The van der Waals surface area contributed by atoms with E-state index in [1.165, 1.54) is 0 Å². The van der Waals surface area contributed by atoms with Crippen LogP contribution in [0.15, 0.2) is 41.5 Å². The van der Waals surface area contributed by atoms with Gasteiger partial charge in [-0.1, -0.05) is 12.1 Å². The van der Waals surface area contributed by atoms with Gasteiger partial charge in [-0.05, 0) is 30.2 Å². The molecule has 0 amide bonds. The van der Waals surface area contributed by atoms with Crippen molar-refractivity contribution in [1.29, 1.82) is 0 Å². The van der Waals surface area contributed by atoms with Crippen LogP contribution in [0, 0.1) is 0 Å². The average molecular weight is 371 g/mol. The Bertz CT molecular complexity index is 762. The van der Waals surface area contributed by atoms with E-state index in [9.17, 15) is 0 Å². The van der Waals surface area contributed by atoms with E-state index in [0.717, 1.165) is 47.4 Å². The van der Waals surface area contributed by atoms with Gasteiger partial charge in [0, 0.05) is 46.0 Å². The highest BCUT2D eigenvalue weighted by Crippen LogP contribution is 2.27. The number of benzene rings is 1. The molecule has 2 rings (SSSR count). The number of ether oxygens (including phenoxy) is 2. The molecule has 27 heavy (non-hydrogen) atoms. The molecule has 0 saturated carbocycles. The molecule has 2 N–H and O–H groups in total. The molecule has 1 aromatic carbocycles. The van der Waals surface area contributed by atoms with Gasteiger partial charge < -0.3 is 25.0 Å². The molecule has 0 unspecified atom stereocenters. The van der Waals surface area contributed by atoms with E-state index in [-0.39, 0.29) is 0 Å². The Kier molecular flexibility index (Phi) is 7.73. The Hall–Kier alpha value is -2.96. The molecule has 7 heteroatoms. The van der Waals surface area contributed by atoms with Crippen molar-refractivity contribution >= 4 is 11.8 Å². The monoisotopic (exact) mass is 371 g/mol. The van der Waals surface area contributed by atoms with Gasteiger partial charge in [0.1, 0.15) is 5.82 Å². The maximum absolute atomic E-state index is 5.35. The van der Waals surface area contributed by atoms with Crippen molar-refractivity contribution in [2.45, 2.75) is 13.0 Å². The number of aromatic nitrogens is 1. The number of methoxy groups -OCH3 is 2. The van der Waals surface area contributed by atoms with Crippen molar-refractivity contribution < 1.29 is 9.47 Å². The number of guanidine groups is 1. The second-order valence-electron chi connectivity index (χ2n) is 6.17. The summed E-state index contributed by atoms with van der Waals surface area (Å²) in [5.74, 6) is 3.18. The first-order chi connectivity index (χ1) is 13.1. The third-order valence-electron chi connectivity index (χ3n) is 4.12. The summed E-state index contributed by atoms with van der Waals surface area (Å²) in [6.07, 6.45) is 2.64. The van der Waals surface area contributed by atoms with Crippen LogP contribution in [0.5, 0.6) is 11.5 Å². The fourth-order valence-corrected chi connectivity index (χ4v) is 2.73. The van der Waals surface area contributed by atoms with Crippen LogP contribution < -0.4 is 25.0 Å². The maximum Gasteiger partial charge on any atom is 0.191 e. The van der Waals surface area contributed by atoms with Crippen molar-refractivity contribution in [3.8, 4) is 11.5 Å². The molecule has 0 radical (unpaired) electrons. The highest BCUT2D eigenvalue weighted by Gasteiger charge is 2.07. The Balaban J connectivity index is 1.88. The van der Waals surface area contributed by atoms with E-state index in [1.54, 1.807) is 27.5 Å². The molecule has 0 aliphatic rings. The predicted molar refractivity (Wildman–Crippen MR) is 110 cm³/mol. The van der Waals surface area contributed by atoms with Gasteiger partial charge in [0.2, 0.25) is 0 Å². The molecule has 2 aromatic rings. The van der Waals surface area contributed by atoms with Crippen LogP contribution in [0.4, 0.5) is 5.82 Å². The van der Waals surface area contributed by atoms with Crippen molar-refractivity contribution in [1.82, 2.24) is 15.6 Å². The number of pyridine rings is 1. The van der Waals surface area contributed by atoms with Crippen LogP contribution in [0.1, 0.15) is 11.1 Å². The molecule has 0 spiro atoms. The van der Waals surface area contributed by atoms with Crippen LogP contribution >= 0.6 is 0 Å². The molecule has 7 nitrogen and oxygen atoms in total. The first-order valence-corrected chi connectivity index (χ1v) is 8.85. The molecule has 0 fully saturated rings. The summed E-state index contributed by atoms with van der Waals surface area (Å²) in [5.41, 5.74) is 2.28. The Labute approximate surface area is 161 Å². The lowest BCUT2D eigenvalue weighted by atomic mass is 10.1. The third-order valence-corrected chi connectivity index (χ3v) is 4.12. The highest BCUT2D eigenvalue weighted by atomic mass is 16.5. The van der Waals surface area contributed by atoms with Crippen molar-refractivity contribution in [2.24, 2.45) is 4.99 Å². The van der Waals surface area contributed by atoms with Gasteiger partial charge in [0.25, 0.3) is 0 Å². The first-order valence-electron chi connectivity index (χ1n) is 8.85. The summed E-state index contributed by atoms with van der Waals surface area (Å²) >= 11 is 0. The van der Waals surface area contributed by atoms with Gasteiger partial charge in [-0.25, -0.2) is 4.98 Å². The number of hydrogen-bond acceptors (Lipinski definition) is 5. The Morgan fingerprint density at radius 1 is 1.11 bits per heavy atom. The molecule has 1 aromatic heterocycles. The van der Waals surface area contributed by atoms with Crippen molar-refractivity contribution in [3.63, 3.8) is 0 Å². The molecule has 0 atom stereocenters. The van der Waals surface area contributed by atoms with Gasteiger partial charge in [-0.3, -0.25) is 4.99 Å². The summed E-state index contributed by atoms with van der Waals surface area (Å²) in [5, 5.41) is 6.67. The quantitative estimate of drug-likeness (QED) is 0.547. The summed E-state index contributed by atoms with van der Waals surface area (Å²) in [7, 11) is 9.02. The van der Waals surface area contributed by atoms with Crippen molar-refractivity contribution in [3.05, 3.63) is 47.7 Å².